The molecule has 0 aromatic heterocycles. The molecule has 0 spiro atoms. The van der Waals surface area contributed by atoms with E-state index in [-0.39, 0.29) is 0 Å². The summed E-state index contributed by atoms with van der Waals surface area (Å²) in [5, 5.41) is 3.42. The highest BCUT2D eigenvalue weighted by Gasteiger charge is 1.96. The zero-order chi connectivity index (χ0) is 12.3. The summed E-state index contributed by atoms with van der Waals surface area (Å²) in [6, 6.07) is 8.95. The van der Waals surface area contributed by atoms with Gasteiger partial charge in [0.25, 0.3) is 0 Å². The molecule has 0 bridgehead atoms. The first-order valence-electron chi connectivity index (χ1n) is 6.37. The maximum absolute atomic E-state index is 3.42. The van der Waals surface area contributed by atoms with E-state index in [1.54, 1.807) is 0 Å². The van der Waals surface area contributed by atoms with Crippen LogP contribution in [0.1, 0.15) is 25.8 Å². The molecule has 3 heteroatoms. The standard InChI is InChI=1S/C14H23NS2/c1-3-9-15-12-13-5-7-14(8-6-13)17-11-10-16-4-2/h5-8,15H,3-4,9-12H2,1-2H3. The van der Waals surface area contributed by atoms with Gasteiger partial charge in [-0.25, -0.2) is 0 Å². The van der Waals surface area contributed by atoms with E-state index in [0.29, 0.717) is 0 Å². The van der Waals surface area contributed by atoms with E-state index >= 15 is 0 Å². The van der Waals surface area contributed by atoms with E-state index in [1.165, 1.54) is 34.1 Å². The average molecular weight is 269 g/mol. The van der Waals surface area contributed by atoms with Crippen LogP contribution in [0.5, 0.6) is 0 Å². The van der Waals surface area contributed by atoms with Crippen LogP contribution < -0.4 is 5.32 Å². The number of benzene rings is 1. The molecule has 0 atom stereocenters. The minimum atomic E-state index is 0.991. The lowest BCUT2D eigenvalue weighted by Crippen LogP contribution is -2.13. The lowest BCUT2D eigenvalue weighted by Gasteiger charge is -2.05. The molecule has 0 amide bonds. The van der Waals surface area contributed by atoms with Crippen LogP contribution in [-0.2, 0) is 6.54 Å². The van der Waals surface area contributed by atoms with Crippen molar-refractivity contribution in [1.29, 1.82) is 0 Å². The van der Waals surface area contributed by atoms with E-state index in [9.17, 15) is 0 Å². The summed E-state index contributed by atoms with van der Waals surface area (Å²) in [7, 11) is 0. The number of nitrogens with one attached hydrogen (secondary N) is 1. The van der Waals surface area contributed by atoms with Crippen LogP contribution in [0, 0.1) is 0 Å². The second-order valence-corrected chi connectivity index (χ2v) is 6.43. The molecule has 0 saturated carbocycles. The van der Waals surface area contributed by atoms with Crippen molar-refractivity contribution in [1.82, 2.24) is 5.32 Å². The Morgan fingerprint density at radius 3 is 2.47 bits per heavy atom. The molecule has 0 fully saturated rings. The quantitative estimate of drug-likeness (QED) is 0.537. The van der Waals surface area contributed by atoms with Gasteiger partial charge in [-0.05, 0) is 36.4 Å². The Morgan fingerprint density at radius 2 is 1.82 bits per heavy atom. The van der Waals surface area contributed by atoms with Crippen LogP contribution in [-0.4, -0.2) is 23.8 Å². The number of hydrogen-bond acceptors (Lipinski definition) is 3. The lowest BCUT2D eigenvalue weighted by molar-refractivity contribution is 0.675. The second-order valence-electron chi connectivity index (χ2n) is 3.87. The minimum absolute atomic E-state index is 0.991. The van der Waals surface area contributed by atoms with Crippen molar-refractivity contribution in [3.8, 4) is 0 Å². The van der Waals surface area contributed by atoms with Gasteiger partial charge in [0, 0.05) is 22.9 Å². The monoisotopic (exact) mass is 269 g/mol. The molecule has 1 N–H and O–H groups in total. The van der Waals surface area contributed by atoms with E-state index in [1.807, 2.05) is 23.5 Å². The van der Waals surface area contributed by atoms with Crippen LogP contribution in [0.2, 0.25) is 0 Å². The zero-order valence-corrected chi connectivity index (χ0v) is 12.5. The highest BCUT2D eigenvalue weighted by molar-refractivity contribution is 8.02. The SMILES string of the molecule is CCCNCc1ccc(SCCSCC)cc1. The number of thioether (sulfide) groups is 2. The fourth-order valence-corrected chi connectivity index (χ4v) is 3.13. The Labute approximate surface area is 114 Å². The molecule has 1 nitrogen and oxygen atoms in total. The van der Waals surface area contributed by atoms with Crippen molar-refractivity contribution in [2.45, 2.75) is 31.7 Å². The average Bonchev–Trinajstić information content (AvgIpc) is 2.37. The van der Waals surface area contributed by atoms with Gasteiger partial charge < -0.3 is 5.32 Å². The topological polar surface area (TPSA) is 12.0 Å². The van der Waals surface area contributed by atoms with Crippen LogP contribution in [0.3, 0.4) is 0 Å². The largest absolute Gasteiger partial charge is 0.313 e. The van der Waals surface area contributed by atoms with Crippen molar-refractivity contribution in [2.75, 3.05) is 23.8 Å². The summed E-state index contributed by atoms with van der Waals surface area (Å²) in [6.07, 6.45) is 1.20. The van der Waals surface area contributed by atoms with Crippen LogP contribution in [0.15, 0.2) is 29.2 Å². The summed E-state index contributed by atoms with van der Waals surface area (Å²) in [5.74, 6) is 3.69. The van der Waals surface area contributed by atoms with E-state index in [2.05, 4.69) is 43.4 Å². The third-order valence-electron chi connectivity index (χ3n) is 2.38. The van der Waals surface area contributed by atoms with Gasteiger partial charge in [0.15, 0.2) is 0 Å². The molecule has 0 aliphatic rings. The van der Waals surface area contributed by atoms with Gasteiger partial charge in [-0.1, -0.05) is 26.0 Å². The highest BCUT2D eigenvalue weighted by Crippen LogP contribution is 2.19. The molecule has 1 aromatic carbocycles. The number of hydrogen-bond donors (Lipinski definition) is 1. The zero-order valence-electron chi connectivity index (χ0n) is 10.9. The van der Waals surface area contributed by atoms with E-state index in [4.69, 9.17) is 0 Å². The first-order valence-corrected chi connectivity index (χ1v) is 8.51. The van der Waals surface area contributed by atoms with Gasteiger partial charge >= 0.3 is 0 Å². The molecule has 1 aromatic rings. The number of rotatable bonds is 9. The Kier molecular flexibility index (Phi) is 8.67. The summed E-state index contributed by atoms with van der Waals surface area (Å²) in [6.45, 7) is 6.50. The third kappa shape index (κ3) is 7.02. The third-order valence-corrected chi connectivity index (χ3v) is 4.55. The van der Waals surface area contributed by atoms with Gasteiger partial charge in [-0.3, -0.25) is 0 Å². The molecule has 0 radical (unpaired) electrons. The van der Waals surface area contributed by atoms with Crippen molar-refractivity contribution >= 4 is 23.5 Å². The van der Waals surface area contributed by atoms with E-state index in [0.717, 1.165) is 13.1 Å². The first-order chi connectivity index (χ1) is 8.36. The molecule has 0 aliphatic carbocycles. The second kappa shape index (κ2) is 9.86. The first kappa shape index (κ1) is 14.9. The van der Waals surface area contributed by atoms with Gasteiger partial charge in [-0.15, -0.1) is 11.8 Å². The van der Waals surface area contributed by atoms with Gasteiger partial charge in [0.05, 0.1) is 0 Å². The fraction of sp³-hybridized carbons (Fsp3) is 0.571. The van der Waals surface area contributed by atoms with Gasteiger partial charge in [0.2, 0.25) is 0 Å². The Balaban J connectivity index is 2.24. The summed E-state index contributed by atoms with van der Waals surface area (Å²) in [4.78, 5) is 1.39. The van der Waals surface area contributed by atoms with Crippen LogP contribution in [0.4, 0.5) is 0 Å². The molecule has 0 saturated heterocycles. The predicted molar refractivity (Wildman–Crippen MR) is 82.2 cm³/mol. The summed E-state index contributed by atoms with van der Waals surface area (Å²) < 4.78 is 0. The van der Waals surface area contributed by atoms with E-state index < -0.39 is 0 Å². The minimum Gasteiger partial charge on any atom is -0.313 e. The summed E-state index contributed by atoms with van der Waals surface area (Å²) in [5.41, 5.74) is 1.38. The Hall–Kier alpha value is -0.120. The van der Waals surface area contributed by atoms with Crippen LogP contribution >= 0.6 is 23.5 Å². The molecule has 1 rings (SSSR count). The summed E-state index contributed by atoms with van der Waals surface area (Å²) >= 11 is 3.97. The molecular weight excluding hydrogens is 246 g/mol. The molecular formula is C14H23NS2. The maximum Gasteiger partial charge on any atom is 0.0205 e. The normalized spacial score (nSPS) is 10.7. The van der Waals surface area contributed by atoms with Gasteiger partial charge in [0.1, 0.15) is 0 Å². The molecule has 0 unspecified atom stereocenters. The molecule has 0 aliphatic heterocycles. The molecule has 0 heterocycles. The fourth-order valence-electron chi connectivity index (χ4n) is 1.48. The molecule has 96 valence electrons. The Bertz CT molecular complexity index is 285. The maximum atomic E-state index is 3.42. The van der Waals surface area contributed by atoms with Crippen molar-refractivity contribution in [3.05, 3.63) is 29.8 Å². The van der Waals surface area contributed by atoms with Crippen molar-refractivity contribution < 1.29 is 0 Å². The molecule has 17 heavy (non-hydrogen) atoms. The smallest absolute Gasteiger partial charge is 0.0205 e. The lowest BCUT2D eigenvalue weighted by atomic mass is 10.2. The Morgan fingerprint density at radius 1 is 1.06 bits per heavy atom. The highest BCUT2D eigenvalue weighted by atomic mass is 32.2. The predicted octanol–water partition coefficient (Wildman–Crippen LogP) is 4.03. The van der Waals surface area contributed by atoms with Crippen molar-refractivity contribution in [2.24, 2.45) is 0 Å². The van der Waals surface area contributed by atoms with Crippen LogP contribution in [0.25, 0.3) is 0 Å². The van der Waals surface area contributed by atoms with Gasteiger partial charge in [-0.2, -0.15) is 11.8 Å². The van der Waals surface area contributed by atoms with Crippen molar-refractivity contribution in [3.63, 3.8) is 0 Å².